The first-order chi connectivity index (χ1) is 14.6. The van der Waals surface area contributed by atoms with Crippen LogP contribution < -0.4 is 10.1 Å². The van der Waals surface area contributed by atoms with Crippen molar-refractivity contribution in [3.05, 3.63) is 59.7 Å². The Hall–Kier alpha value is -2.70. The van der Waals surface area contributed by atoms with E-state index in [2.05, 4.69) is 22.2 Å². The van der Waals surface area contributed by atoms with Gasteiger partial charge in [-0.3, -0.25) is 9.59 Å². The summed E-state index contributed by atoms with van der Waals surface area (Å²) in [6.45, 7) is 5.46. The molecule has 1 heterocycles. The van der Waals surface area contributed by atoms with Crippen molar-refractivity contribution in [1.82, 2.24) is 9.80 Å². The van der Waals surface area contributed by atoms with Crippen LogP contribution in [0.3, 0.4) is 0 Å². The molecule has 0 aromatic heterocycles. The Morgan fingerprint density at radius 2 is 1.67 bits per heavy atom. The van der Waals surface area contributed by atoms with E-state index < -0.39 is 0 Å². The highest BCUT2D eigenvalue weighted by molar-refractivity contribution is 6.09. The van der Waals surface area contributed by atoms with Crippen LogP contribution in [0.2, 0.25) is 0 Å². The Morgan fingerprint density at radius 3 is 2.37 bits per heavy atom. The maximum Gasteiger partial charge on any atom is 0.255 e. The lowest BCUT2D eigenvalue weighted by molar-refractivity contribution is 0.0976. The van der Waals surface area contributed by atoms with Gasteiger partial charge in [-0.1, -0.05) is 12.1 Å². The Balaban J connectivity index is 1.52. The lowest BCUT2D eigenvalue weighted by Gasteiger charge is -2.32. The minimum Gasteiger partial charge on any atom is -0.497 e. The Labute approximate surface area is 178 Å². The molecular formula is C24H31N3O3. The molecule has 1 amide bonds. The molecule has 1 aliphatic rings. The summed E-state index contributed by atoms with van der Waals surface area (Å²) in [4.78, 5) is 30.2. The van der Waals surface area contributed by atoms with Gasteiger partial charge in [0.25, 0.3) is 5.91 Å². The molecule has 1 N–H and O–H groups in total. The summed E-state index contributed by atoms with van der Waals surface area (Å²) in [5.74, 6) is 0.519. The third-order valence-corrected chi connectivity index (χ3v) is 5.55. The summed E-state index contributed by atoms with van der Waals surface area (Å²) in [5, 5.41) is 2.88. The zero-order chi connectivity index (χ0) is 21.3. The van der Waals surface area contributed by atoms with Crippen molar-refractivity contribution >= 4 is 17.4 Å². The Morgan fingerprint density at radius 1 is 0.967 bits per heavy atom. The number of Topliss-reactive ketones (excluding diaryl/α,β-unsaturated/α-hetero) is 1. The summed E-state index contributed by atoms with van der Waals surface area (Å²) in [7, 11) is 3.74. The number of amides is 1. The molecule has 0 atom stereocenters. The number of piperazine rings is 1. The van der Waals surface area contributed by atoms with Crippen LogP contribution in [0.4, 0.5) is 5.69 Å². The van der Waals surface area contributed by atoms with Gasteiger partial charge >= 0.3 is 0 Å². The first-order valence-electron chi connectivity index (χ1n) is 10.6. The van der Waals surface area contributed by atoms with Gasteiger partial charge in [0.2, 0.25) is 0 Å². The number of benzene rings is 2. The van der Waals surface area contributed by atoms with Gasteiger partial charge in [0.05, 0.1) is 12.8 Å². The SMILES string of the molecule is COc1ccc(C(=O)Nc2ccccc2C(=O)CCCCN2CCN(C)CC2)cc1. The first-order valence-corrected chi connectivity index (χ1v) is 10.6. The highest BCUT2D eigenvalue weighted by atomic mass is 16.5. The number of unbranched alkanes of at least 4 members (excludes halogenated alkanes) is 1. The Bertz CT molecular complexity index is 843. The van der Waals surface area contributed by atoms with Gasteiger partial charge in [-0.15, -0.1) is 0 Å². The molecule has 2 aromatic rings. The average molecular weight is 410 g/mol. The van der Waals surface area contributed by atoms with Gasteiger partial charge in [0.15, 0.2) is 5.78 Å². The highest BCUT2D eigenvalue weighted by Gasteiger charge is 2.16. The number of nitrogens with zero attached hydrogens (tertiary/aromatic N) is 2. The number of rotatable bonds is 9. The van der Waals surface area contributed by atoms with Gasteiger partial charge in [-0.2, -0.15) is 0 Å². The summed E-state index contributed by atoms with van der Waals surface area (Å²) < 4.78 is 5.13. The van der Waals surface area contributed by atoms with Crippen molar-refractivity contribution in [1.29, 1.82) is 0 Å². The van der Waals surface area contributed by atoms with Crippen LogP contribution in [0, 0.1) is 0 Å². The maximum atomic E-state index is 12.8. The second-order valence-electron chi connectivity index (χ2n) is 7.75. The number of likely N-dealkylation sites (N-methyl/N-ethyl adjacent to an activating group) is 1. The molecule has 0 bridgehead atoms. The second-order valence-corrected chi connectivity index (χ2v) is 7.75. The van der Waals surface area contributed by atoms with Crippen molar-refractivity contribution in [2.75, 3.05) is 52.2 Å². The molecule has 0 saturated carbocycles. The lowest BCUT2D eigenvalue weighted by Crippen LogP contribution is -2.44. The number of hydrogen-bond donors (Lipinski definition) is 1. The fraction of sp³-hybridized carbons (Fsp3) is 0.417. The van der Waals surface area contributed by atoms with E-state index in [0.717, 1.165) is 45.6 Å². The molecular weight excluding hydrogens is 378 g/mol. The quantitative estimate of drug-likeness (QED) is 0.507. The van der Waals surface area contributed by atoms with Crippen LogP contribution in [0.5, 0.6) is 5.75 Å². The molecule has 160 valence electrons. The predicted octanol–water partition coefficient (Wildman–Crippen LogP) is 3.55. The van der Waals surface area contributed by atoms with E-state index in [0.29, 0.717) is 29.0 Å². The molecule has 1 fully saturated rings. The van der Waals surface area contributed by atoms with Crippen molar-refractivity contribution in [2.24, 2.45) is 0 Å². The number of methoxy groups -OCH3 is 1. The molecule has 0 aliphatic carbocycles. The number of carbonyl (C=O) groups is 2. The van der Waals surface area contributed by atoms with Crippen molar-refractivity contribution in [3.63, 3.8) is 0 Å². The zero-order valence-corrected chi connectivity index (χ0v) is 17.9. The minimum absolute atomic E-state index is 0.0685. The largest absolute Gasteiger partial charge is 0.497 e. The molecule has 1 saturated heterocycles. The van der Waals surface area contributed by atoms with E-state index in [1.807, 2.05) is 12.1 Å². The minimum atomic E-state index is -0.243. The average Bonchev–Trinajstić information content (AvgIpc) is 2.78. The molecule has 0 unspecified atom stereocenters. The molecule has 30 heavy (non-hydrogen) atoms. The van der Waals surface area contributed by atoms with E-state index in [1.54, 1.807) is 43.5 Å². The maximum absolute atomic E-state index is 12.8. The molecule has 1 aliphatic heterocycles. The van der Waals surface area contributed by atoms with Crippen LogP contribution in [0.1, 0.15) is 40.0 Å². The summed E-state index contributed by atoms with van der Waals surface area (Å²) in [5.41, 5.74) is 1.64. The van der Waals surface area contributed by atoms with Crippen LogP contribution >= 0.6 is 0 Å². The third-order valence-electron chi connectivity index (χ3n) is 5.55. The number of nitrogens with one attached hydrogen (secondary N) is 1. The van der Waals surface area contributed by atoms with Crippen LogP contribution in [-0.4, -0.2) is 68.4 Å². The molecule has 3 rings (SSSR count). The summed E-state index contributed by atoms with van der Waals surface area (Å²) in [6.07, 6.45) is 2.35. The number of carbonyl (C=O) groups excluding carboxylic acids is 2. The Kier molecular flexibility index (Phi) is 7.99. The summed E-state index contributed by atoms with van der Waals surface area (Å²) >= 11 is 0. The number of ether oxygens (including phenoxy) is 1. The van der Waals surface area contributed by atoms with E-state index in [1.165, 1.54) is 0 Å². The normalized spacial score (nSPS) is 15.0. The molecule has 6 heteroatoms. The molecule has 0 spiro atoms. The van der Waals surface area contributed by atoms with Crippen molar-refractivity contribution in [2.45, 2.75) is 19.3 Å². The number of para-hydroxylation sites is 1. The first kappa shape index (κ1) is 22.0. The van der Waals surface area contributed by atoms with Gasteiger partial charge in [-0.25, -0.2) is 0 Å². The van der Waals surface area contributed by atoms with Gasteiger partial charge < -0.3 is 19.9 Å². The second kappa shape index (κ2) is 10.9. The van der Waals surface area contributed by atoms with Gasteiger partial charge in [0, 0.05) is 43.7 Å². The number of hydrogen-bond acceptors (Lipinski definition) is 5. The van der Waals surface area contributed by atoms with E-state index >= 15 is 0 Å². The van der Waals surface area contributed by atoms with E-state index in [4.69, 9.17) is 4.74 Å². The fourth-order valence-corrected chi connectivity index (χ4v) is 3.60. The van der Waals surface area contributed by atoms with E-state index in [-0.39, 0.29) is 11.7 Å². The van der Waals surface area contributed by atoms with Crippen LogP contribution in [-0.2, 0) is 0 Å². The smallest absolute Gasteiger partial charge is 0.255 e. The zero-order valence-electron chi connectivity index (χ0n) is 17.9. The van der Waals surface area contributed by atoms with Crippen LogP contribution in [0.25, 0.3) is 0 Å². The van der Waals surface area contributed by atoms with Crippen molar-refractivity contribution < 1.29 is 14.3 Å². The van der Waals surface area contributed by atoms with Crippen LogP contribution in [0.15, 0.2) is 48.5 Å². The highest BCUT2D eigenvalue weighted by Crippen LogP contribution is 2.20. The van der Waals surface area contributed by atoms with Gasteiger partial charge in [-0.05, 0) is 62.8 Å². The molecule has 2 aromatic carbocycles. The molecule has 0 radical (unpaired) electrons. The predicted molar refractivity (Wildman–Crippen MR) is 120 cm³/mol. The topological polar surface area (TPSA) is 61.9 Å². The monoisotopic (exact) mass is 409 g/mol. The lowest BCUT2D eigenvalue weighted by atomic mass is 10.0. The number of ketones is 1. The third kappa shape index (κ3) is 6.15. The standard InChI is InChI=1S/C24H31N3O3/c1-26-15-17-27(18-16-26)14-6-5-9-23(28)21-7-3-4-8-22(21)25-24(29)19-10-12-20(30-2)13-11-19/h3-4,7-8,10-13H,5-6,9,14-18H2,1-2H3,(H,25,29). The number of anilines is 1. The van der Waals surface area contributed by atoms with Crippen molar-refractivity contribution in [3.8, 4) is 5.75 Å². The molecule has 6 nitrogen and oxygen atoms in total. The fourth-order valence-electron chi connectivity index (χ4n) is 3.60. The van der Waals surface area contributed by atoms with Gasteiger partial charge in [0.1, 0.15) is 5.75 Å². The summed E-state index contributed by atoms with van der Waals surface area (Å²) in [6, 6.07) is 14.1. The van der Waals surface area contributed by atoms with E-state index in [9.17, 15) is 9.59 Å².